The summed E-state index contributed by atoms with van der Waals surface area (Å²) in [4.78, 5) is 11.2. The fourth-order valence-electron chi connectivity index (χ4n) is 1.06. The lowest BCUT2D eigenvalue weighted by Gasteiger charge is -2.14. The number of rotatable bonds is 6. The molecular weight excluding hydrogens is 345 g/mol. The molecular formula is C11H14BrClF2N2O2. The van der Waals surface area contributed by atoms with Crippen molar-refractivity contribution in [2.75, 3.05) is 19.7 Å². The zero-order chi connectivity index (χ0) is 13.6. The molecule has 0 aromatic heterocycles. The third-order valence-corrected chi connectivity index (χ3v) is 2.50. The normalized spacial score (nSPS) is 10.5. The number of alkyl halides is 2. The fraction of sp³-hybridized carbons (Fsp3) is 0.364. The predicted molar refractivity (Wildman–Crippen MR) is 73.9 cm³/mol. The number of halogens is 4. The van der Waals surface area contributed by atoms with E-state index in [2.05, 4.69) is 21.2 Å². The third-order valence-electron chi connectivity index (χ3n) is 2.01. The lowest BCUT2D eigenvalue weighted by atomic mass is 10.3. The Morgan fingerprint density at radius 2 is 2.16 bits per heavy atom. The number of hydrogen-bond acceptors (Lipinski definition) is 3. The van der Waals surface area contributed by atoms with Crippen molar-refractivity contribution in [3.8, 4) is 5.75 Å². The summed E-state index contributed by atoms with van der Waals surface area (Å²) < 4.78 is 31.4. The van der Waals surface area contributed by atoms with Gasteiger partial charge in [-0.25, -0.2) is 8.78 Å². The molecule has 4 nitrogen and oxygen atoms in total. The van der Waals surface area contributed by atoms with Crippen LogP contribution >= 0.6 is 28.3 Å². The van der Waals surface area contributed by atoms with Crippen LogP contribution < -0.4 is 15.8 Å². The van der Waals surface area contributed by atoms with Crippen LogP contribution in [0.15, 0.2) is 28.7 Å². The lowest BCUT2D eigenvalue weighted by molar-refractivity contribution is -0.124. The first kappa shape index (κ1) is 18.1. The quantitative estimate of drug-likeness (QED) is 0.816. The minimum absolute atomic E-state index is 0. The van der Waals surface area contributed by atoms with Crippen molar-refractivity contribution < 1.29 is 18.3 Å². The van der Waals surface area contributed by atoms with Gasteiger partial charge in [-0.3, -0.25) is 4.79 Å². The summed E-state index contributed by atoms with van der Waals surface area (Å²) in [5.74, 6) is -3.24. The highest BCUT2D eigenvalue weighted by molar-refractivity contribution is 9.10. The molecule has 1 rings (SSSR count). The molecule has 0 aliphatic carbocycles. The number of carbonyl (C=O) groups is 1. The molecule has 19 heavy (non-hydrogen) atoms. The van der Waals surface area contributed by atoms with Gasteiger partial charge in [0.2, 0.25) is 0 Å². The number of amides is 1. The zero-order valence-electron chi connectivity index (χ0n) is 9.87. The maximum Gasteiger partial charge on any atom is 0.277 e. The molecule has 0 aliphatic heterocycles. The SMILES string of the molecule is Cl.NCC(F)(F)CNC(=O)COc1cccc(Br)c1. The second-order valence-corrected chi connectivity index (χ2v) is 4.50. The molecule has 0 heterocycles. The number of carbonyl (C=O) groups excluding carboxylic acids is 1. The average Bonchev–Trinajstić information content (AvgIpc) is 2.34. The maximum absolute atomic E-state index is 12.7. The van der Waals surface area contributed by atoms with Crippen LogP contribution in [0.3, 0.4) is 0 Å². The van der Waals surface area contributed by atoms with E-state index in [-0.39, 0.29) is 19.0 Å². The van der Waals surface area contributed by atoms with Crippen molar-refractivity contribution in [1.29, 1.82) is 0 Å². The third kappa shape index (κ3) is 7.29. The first-order chi connectivity index (χ1) is 8.43. The molecule has 3 N–H and O–H groups in total. The van der Waals surface area contributed by atoms with Gasteiger partial charge in [0.25, 0.3) is 11.8 Å². The van der Waals surface area contributed by atoms with Crippen molar-refractivity contribution in [3.63, 3.8) is 0 Å². The van der Waals surface area contributed by atoms with E-state index < -0.39 is 24.9 Å². The summed E-state index contributed by atoms with van der Waals surface area (Å²) in [6.45, 7) is -1.92. The molecule has 0 bridgehead atoms. The highest BCUT2D eigenvalue weighted by Crippen LogP contribution is 2.17. The molecule has 1 aromatic rings. The first-order valence-corrected chi connectivity index (χ1v) is 5.95. The minimum Gasteiger partial charge on any atom is -0.484 e. The lowest BCUT2D eigenvalue weighted by Crippen LogP contribution is -2.43. The number of nitrogens with one attached hydrogen (secondary N) is 1. The van der Waals surface area contributed by atoms with E-state index in [1.807, 2.05) is 0 Å². The van der Waals surface area contributed by atoms with Gasteiger partial charge in [-0.05, 0) is 18.2 Å². The van der Waals surface area contributed by atoms with Gasteiger partial charge in [0.1, 0.15) is 5.75 Å². The van der Waals surface area contributed by atoms with Crippen LogP contribution in [0.1, 0.15) is 0 Å². The van der Waals surface area contributed by atoms with Crippen molar-refractivity contribution in [3.05, 3.63) is 28.7 Å². The van der Waals surface area contributed by atoms with Crippen LogP contribution in [0.25, 0.3) is 0 Å². The van der Waals surface area contributed by atoms with E-state index in [1.165, 1.54) is 0 Å². The molecule has 0 fully saturated rings. The molecule has 0 atom stereocenters. The predicted octanol–water partition coefficient (Wildman–Crippen LogP) is 1.96. The molecule has 0 radical (unpaired) electrons. The van der Waals surface area contributed by atoms with Crippen LogP contribution in [0.5, 0.6) is 5.75 Å². The summed E-state index contributed by atoms with van der Waals surface area (Å²) in [6, 6.07) is 6.86. The monoisotopic (exact) mass is 358 g/mol. The Morgan fingerprint density at radius 3 is 2.74 bits per heavy atom. The van der Waals surface area contributed by atoms with E-state index in [4.69, 9.17) is 10.5 Å². The van der Waals surface area contributed by atoms with E-state index in [0.717, 1.165) is 4.47 Å². The molecule has 108 valence electrons. The summed E-state index contributed by atoms with van der Waals surface area (Å²) in [5, 5.41) is 2.05. The van der Waals surface area contributed by atoms with Crippen LogP contribution in [-0.2, 0) is 4.79 Å². The van der Waals surface area contributed by atoms with Crippen molar-refractivity contribution in [1.82, 2.24) is 5.32 Å². The summed E-state index contributed by atoms with van der Waals surface area (Å²) in [7, 11) is 0. The average molecular weight is 360 g/mol. The van der Waals surface area contributed by atoms with E-state index in [0.29, 0.717) is 5.75 Å². The molecule has 0 unspecified atom stereocenters. The van der Waals surface area contributed by atoms with Gasteiger partial charge >= 0.3 is 0 Å². The van der Waals surface area contributed by atoms with Crippen molar-refractivity contribution in [2.45, 2.75) is 5.92 Å². The highest BCUT2D eigenvalue weighted by atomic mass is 79.9. The smallest absolute Gasteiger partial charge is 0.277 e. The Labute approximate surface area is 124 Å². The Kier molecular flexibility index (Phi) is 7.89. The van der Waals surface area contributed by atoms with E-state index in [1.54, 1.807) is 24.3 Å². The minimum atomic E-state index is -3.09. The molecule has 0 spiro atoms. The van der Waals surface area contributed by atoms with Gasteiger partial charge in [-0.1, -0.05) is 22.0 Å². The number of nitrogens with two attached hydrogens (primary N) is 1. The number of hydrogen-bond donors (Lipinski definition) is 2. The van der Waals surface area contributed by atoms with Crippen LogP contribution in [-0.4, -0.2) is 31.5 Å². The standard InChI is InChI=1S/C11H13BrF2N2O2.ClH/c12-8-2-1-3-9(4-8)18-5-10(17)16-7-11(13,14)6-15;/h1-4H,5-7,15H2,(H,16,17);1H. The fourth-order valence-corrected chi connectivity index (χ4v) is 1.43. The van der Waals surface area contributed by atoms with E-state index >= 15 is 0 Å². The van der Waals surface area contributed by atoms with Gasteiger partial charge in [-0.2, -0.15) is 0 Å². The highest BCUT2D eigenvalue weighted by Gasteiger charge is 2.27. The van der Waals surface area contributed by atoms with Gasteiger partial charge in [0, 0.05) is 4.47 Å². The first-order valence-electron chi connectivity index (χ1n) is 5.16. The van der Waals surface area contributed by atoms with Gasteiger partial charge in [0.05, 0.1) is 13.1 Å². The zero-order valence-corrected chi connectivity index (χ0v) is 12.3. The molecule has 0 saturated carbocycles. The Balaban J connectivity index is 0.00000324. The molecule has 0 saturated heterocycles. The maximum atomic E-state index is 12.7. The Morgan fingerprint density at radius 1 is 1.47 bits per heavy atom. The number of benzene rings is 1. The van der Waals surface area contributed by atoms with Crippen LogP contribution in [0, 0.1) is 0 Å². The second-order valence-electron chi connectivity index (χ2n) is 3.58. The van der Waals surface area contributed by atoms with Crippen LogP contribution in [0.2, 0.25) is 0 Å². The molecule has 1 amide bonds. The summed E-state index contributed by atoms with van der Waals surface area (Å²) >= 11 is 3.24. The van der Waals surface area contributed by atoms with Gasteiger partial charge < -0.3 is 15.8 Å². The molecule has 1 aromatic carbocycles. The second kappa shape index (κ2) is 8.29. The summed E-state index contributed by atoms with van der Waals surface area (Å²) in [6.07, 6.45) is 0. The Bertz CT molecular complexity index is 421. The topological polar surface area (TPSA) is 64.3 Å². The van der Waals surface area contributed by atoms with Gasteiger partial charge in [0.15, 0.2) is 6.61 Å². The summed E-state index contributed by atoms with van der Waals surface area (Å²) in [5.41, 5.74) is 4.84. The molecule has 8 heteroatoms. The largest absolute Gasteiger partial charge is 0.484 e. The Hall–Kier alpha value is -0.920. The van der Waals surface area contributed by atoms with Crippen molar-refractivity contribution >= 4 is 34.2 Å². The number of ether oxygens (including phenoxy) is 1. The van der Waals surface area contributed by atoms with E-state index in [9.17, 15) is 13.6 Å². The van der Waals surface area contributed by atoms with Gasteiger partial charge in [-0.15, -0.1) is 12.4 Å². The van der Waals surface area contributed by atoms with Crippen molar-refractivity contribution in [2.24, 2.45) is 5.73 Å². The van der Waals surface area contributed by atoms with Crippen LogP contribution in [0.4, 0.5) is 8.78 Å². The molecule has 0 aliphatic rings.